The minimum absolute atomic E-state index is 0.0793. The van der Waals surface area contributed by atoms with Crippen molar-refractivity contribution in [2.75, 3.05) is 0 Å². The molecule has 0 aliphatic carbocycles. The van der Waals surface area contributed by atoms with Gasteiger partial charge in [0.05, 0.1) is 5.25 Å². The molecule has 19 heavy (non-hydrogen) atoms. The van der Waals surface area contributed by atoms with Crippen molar-refractivity contribution in [2.24, 2.45) is 5.73 Å². The summed E-state index contributed by atoms with van der Waals surface area (Å²) < 4.78 is 0. The fourth-order valence-corrected chi connectivity index (χ4v) is 2.65. The summed E-state index contributed by atoms with van der Waals surface area (Å²) in [5, 5.41) is 3.00. The van der Waals surface area contributed by atoms with Crippen LogP contribution in [0.3, 0.4) is 0 Å². The van der Waals surface area contributed by atoms with E-state index in [2.05, 4.69) is 19.2 Å². The van der Waals surface area contributed by atoms with Crippen molar-refractivity contribution in [3.63, 3.8) is 0 Å². The summed E-state index contributed by atoms with van der Waals surface area (Å²) in [5.41, 5.74) is 6.67. The Labute approximate surface area is 120 Å². The lowest BCUT2D eigenvalue weighted by Gasteiger charge is -2.18. The SMILES string of the molecule is CCC(CC)NC(=O)C(C)Sc1ccc(CN)cc1. The third-order valence-electron chi connectivity index (χ3n) is 3.17. The Morgan fingerprint density at radius 3 is 2.32 bits per heavy atom. The molecule has 1 rings (SSSR count). The van der Waals surface area contributed by atoms with E-state index in [1.54, 1.807) is 11.8 Å². The van der Waals surface area contributed by atoms with Crippen molar-refractivity contribution in [1.82, 2.24) is 5.32 Å². The first-order chi connectivity index (χ1) is 9.10. The first-order valence-corrected chi connectivity index (χ1v) is 7.74. The number of thioether (sulfide) groups is 1. The standard InChI is InChI=1S/C15H24N2OS/c1-4-13(5-2)17-15(18)11(3)19-14-8-6-12(10-16)7-9-14/h6-9,11,13H,4-5,10,16H2,1-3H3,(H,17,18). The highest BCUT2D eigenvalue weighted by atomic mass is 32.2. The molecule has 1 atom stereocenters. The van der Waals surface area contributed by atoms with Crippen molar-refractivity contribution in [3.8, 4) is 0 Å². The van der Waals surface area contributed by atoms with Gasteiger partial charge in [-0.1, -0.05) is 26.0 Å². The Balaban J connectivity index is 2.53. The number of nitrogens with two attached hydrogens (primary N) is 1. The van der Waals surface area contributed by atoms with Crippen LogP contribution >= 0.6 is 11.8 Å². The molecule has 0 aromatic heterocycles. The van der Waals surface area contributed by atoms with Gasteiger partial charge in [-0.05, 0) is 37.5 Å². The molecule has 0 saturated carbocycles. The monoisotopic (exact) mass is 280 g/mol. The zero-order chi connectivity index (χ0) is 14.3. The fourth-order valence-electron chi connectivity index (χ4n) is 1.77. The summed E-state index contributed by atoms with van der Waals surface area (Å²) in [6.07, 6.45) is 1.95. The second-order valence-corrected chi connectivity index (χ2v) is 6.04. The molecule has 0 radical (unpaired) electrons. The van der Waals surface area contributed by atoms with Gasteiger partial charge in [0.25, 0.3) is 0 Å². The van der Waals surface area contributed by atoms with Crippen LogP contribution in [-0.4, -0.2) is 17.2 Å². The lowest BCUT2D eigenvalue weighted by atomic mass is 10.2. The van der Waals surface area contributed by atoms with Crippen molar-refractivity contribution in [3.05, 3.63) is 29.8 Å². The van der Waals surface area contributed by atoms with Gasteiger partial charge in [0.15, 0.2) is 0 Å². The van der Waals surface area contributed by atoms with Crippen LogP contribution < -0.4 is 11.1 Å². The summed E-state index contributed by atoms with van der Waals surface area (Å²) in [4.78, 5) is 13.1. The number of hydrogen-bond acceptors (Lipinski definition) is 3. The molecule has 1 aromatic rings. The minimum atomic E-state index is -0.0793. The maximum Gasteiger partial charge on any atom is 0.233 e. The minimum Gasteiger partial charge on any atom is -0.352 e. The van der Waals surface area contributed by atoms with Gasteiger partial charge >= 0.3 is 0 Å². The summed E-state index contributed by atoms with van der Waals surface area (Å²) in [5.74, 6) is 0.113. The molecular formula is C15H24N2OS. The highest BCUT2D eigenvalue weighted by molar-refractivity contribution is 8.00. The van der Waals surface area contributed by atoms with E-state index in [9.17, 15) is 4.79 Å². The molecule has 0 spiro atoms. The van der Waals surface area contributed by atoms with Crippen molar-refractivity contribution in [1.29, 1.82) is 0 Å². The maximum absolute atomic E-state index is 12.0. The summed E-state index contributed by atoms with van der Waals surface area (Å²) in [6.45, 7) is 6.69. The first-order valence-electron chi connectivity index (χ1n) is 6.86. The average Bonchev–Trinajstić information content (AvgIpc) is 2.45. The Bertz CT molecular complexity index is 388. The van der Waals surface area contributed by atoms with Crippen LogP contribution in [0.2, 0.25) is 0 Å². The smallest absolute Gasteiger partial charge is 0.233 e. The number of nitrogens with one attached hydrogen (secondary N) is 1. The van der Waals surface area contributed by atoms with Crippen LogP contribution in [0.4, 0.5) is 0 Å². The van der Waals surface area contributed by atoms with E-state index in [1.165, 1.54) is 0 Å². The molecule has 0 heterocycles. The van der Waals surface area contributed by atoms with E-state index in [-0.39, 0.29) is 17.2 Å². The van der Waals surface area contributed by atoms with Gasteiger partial charge in [-0.15, -0.1) is 11.8 Å². The molecule has 0 aliphatic heterocycles. The largest absolute Gasteiger partial charge is 0.352 e. The quantitative estimate of drug-likeness (QED) is 0.755. The number of hydrogen-bond donors (Lipinski definition) is 2. The van der Waals surface area contributed by atoms with Crippen LogP contribution in [0.15, 0.2) is 29.2 Å². The second kappa shape index (κ2) is 8.23. The van der Waals surface area contributed by atoms with E-state index < -0.39 is 0 Å². The summed E-state index contributed by atoms with van der Waals surface area (Å²) in [7, 11) is 0. The highest BCUT2D eigenvalue weighted by Gasteiger charge is 2.16. The molecule has 1 aromatic carbocycles. The predicted octanol–water partition coefficient (Wildman–Crippen LogP) is 2.93. The lowest BCUT2D eigenvalue weighted by Crippen LogP contribution is -2.38. The van der Waals surface area contributed by atoms with Crippen molar-refractivity contribution >= 4 is 17.7 Å². The topological polar surface area (TPSA) is 55.1 Å². The Morgan fingerprint density at radius 1 is 1.26 bits per heavy atom. The van der Waals surface area contributed by atoms with Gasteiger partial charge in [0, 0.05) is 17.5 Å². The van der Waals surface area contributed by atoms with Crippen LogP contribution in [0, 0.1) is 0 Å². The second-order valence-electron chi connectivity index (χ2n) is 4.63. The number of rotatable bonds is 7. The van der Waals surface area contributed by atoms with Gasteiger partial charge in [0.2, 0.25) is 5.91 Å². The molecule has 1 unspecified atom stereocenters. The van der Waals surface area contributed by atoms with Crippen LogP contribution in [0.1, 0.15) is 39.2 Å². The molecule has 0 bridgehead atoms. The molecule has 4 heteroatoms. The van der Waals surface area contributed by atoms with Gasteiger partial charge in [0.1, 0.15) is 0 Å². The zero-order valence-electron chi connectivity index (χ0n) is 12.0. The Hall–Kier alpha value is -1.00. The molecule has 106 valence electrons. The Morgan fingerprint density at radius 2 is 1.84 bits per heavy atom. The molecule has 0 aliphatic rings. The average molecular weight is 280 g/mol. The zero-order valence-corrected chi connectivity index (χ0v) is 12.8. The molecule has 3 N–H and O–H groups in total. The molecule has 0 fully saturated rings. The van der Waals surface area contributed by atoms with Crippen LogP contribution in [0.5, 0.6) is 0 Å². The third-order valence-corrected chi connectivity index (χ3v) is 4.29. The highest BCUT2D eigenvalue weighted by Crippen LogP contribution is 2.23. The van der Waals surface area contributed by atoms with Gasteiger partial charge in [-0.25, -0.2) is 0 Å². The number of benzene rings is 1. The van der Waals surface area contributed by atoms with Crippen LogP contribution in [0.25, 0.3) is 0 Å². The summed E-state index contributed by atoms with van der Waals surface area (Å²) in [6, 6.07) is 8.35. The number of carbonyl (C=O) groups is 1. The van der Waals surface area contributed by atoms with Gasteiger partial charge in [-0.2, -0.15) is 0 Å². The number of carbonyl (C=O) groups excluding carboxylic acids is 1. The van der Waals surface area contributed by atoms with E-state index in [4.69, 9.17) is 5.73 Å². The van der Waals surface area contributed by atoms with Crippen molar-refractivity contribution in [2.45, 2.75) is 56.3 Å². The van der Waals surface area contributed by atoms with Crippen molar-refractivity contribution < 1.29 is 4.79 Å². The lowest BCUT2D eigenvalue weighted by molar-refractivity contribution is -0.121. The van der Waals surface area contributed by atoms with E-state index >= 15 is 0 Å². The van der Waals surface area contributed by atoms with E-state index in [0.29, 0.717) is 6.54 Å². The fraction of sp³-hybridized carbons (Fsp3) is 0.533. The molecular weight excluding hydrogens is 256 g/mol. The third kappa shape index (κ3) is 5.25. The molecule has 3 nitrogen and oxygen atoms in total. The maximum atomic E-state index is 12.0. The van der Waals surface area contributed by atoms with E-state index in [0.717, 1.165) is 23.3 Å². The molecule has 1 amide bonds. The van der Waals surface area contributed by atoms with Crippen LogP contribution in [-0.2, 0) is 11.3 Å². The first kappa shape index (κ1) is 16.1. The number of amides is 1. The Kier molecular flexibility index (Phi) is 6.95. The molecule has 0 saturated heterocycles. The van der Waals surface area contributed by atoms with Gasteiger partial charge < -0.3 is 11.1 Å². The van der Waals surface area contributed by atoms with E-state index in [1.807, 2.05) is 31.2 Å². The normalized spacial score (nSPS) is 12.5. The predicted molar refractivity (Wildman–Crippen MR) is 82.2 cm³/mol. The summed E-state index contributed by atoms with van der Waals surface area (Å²) >= 11 is 1.58. The van der Waals surface area contributed by atoms with Gasteiger partial charge in [-0.3, -0.25) is 4.79 Å².